The van der Waals surface area contributed by atoms with Gasteiger partial charge in [0.1, 0.15) is 5.75 Å². The predicted octanol–water partition coefficient (Wildman–Crippen LogP) is 4.64. The minimum Gasteiger partial charge on any atom is -0.507 e. The molecule has 0 aliphatic rings. The number of amides is 1. The lowest BCUT2D eigenvalue weighted by Gasteiger charge is -2.04. The Bertz CT molecular complexity index is 763. The number of phenols is 1. The number of aromatic hydroxyl groups is 1. The molecule has 0 saturated heterocycles. The lowest BCUT2D eigenvalue weighted by molar-refractivity contribution is 0.0955. The molecular formula is C15H11Br2ClN2O2. The van der Waals surface area contributed by atoms with Crippen LogP contribution in [-0.4, -0.2) is 17.2 Å². The van der Waals surface area contributed by atoms with Crippen LogP contribution in [0.25, 0.3) is 0 Å². The van der Waals surface area contributed by atoms with Crippen molar-refractivity contribution in [3.63, 3.8) is 0 Å². The first-order valence-electron chi connectivity index (χ1n) is 6.16. The van der Waals surface area contributed by atoms with E-state index in [1.807, 2.05) is 6.92 Å². The van der Waals surface area contributed by atoms with Crippen molar-refractivity contribution in [1.29, 1.82) is 0 Å². The molecule has 0 aliphatic heterocycles. The molecule has 1 amide bonds. The van der Waals surface area contributed by atoms with Gasteiger partial charge in [0.15, 0.2) is 0 Å². The van der Waals surface area contributed by atoms with Gasteiger partial charge in [-0.3, -0.25) is 4.79 Å². The van der Waals surface area contributed by atoms with Crippen molar-refractivity contribution < 1.29 is 9.90 Å². The lowest BCUT2D eigenvalue weighted by Crippen LogP contribution is -2.18. The summed E-state index contributed by atoms with van der Waals surface area (Å²) in [4.78, 5) is 12.0. The molecule has 0 heterocycles. The maximum atomic E-state index is 12.0. The van der Waals surface area contributed by atoms with Gasteiger partial charge in [-0.1, -0.05) is 33.6 Å². The minimum absolute atomic E-state index is 0.0811. The SMILES string of the molecule is Cc1ccc(C(=O)NN=Cc2cc(O)c(Br)cc2Br)c(Cl)c1. The molecule has 0 spiro atoms. The topological polar surface area (TPSA) is 61.7 Å². The number of carbonyl (C=O) groups is 1. The Balaban J connectivity index is 2.12. The van der Waals surface area contributed by atoms with E-state index in [4.69, 9.17) is 11.6 Å². The maximum absolute atomic E-state index is 12.0. The normalized spacial score (nSPS) is 10.9. The minimum atomic E-state index is -0.404. The summed E-state index contributed by atoms with van der Waals surface area (Å²) in [6, 6.07) is 8.36. The van der Waals surface area contributed by atoms with E-state index in [9.17, 15) is 9.90 Å². The fraction of sp³-hybridized carbons (Fsp3) is 0.0667. The molecule has 0 fully saturated rings. The lowest BCUT2D eigenvalue weighted by atomic mass is 10.1. The van der Waals surface area contributed by atoms with Gasteiger partial charge in [-0.05, 0) is 52.7 Å². The van der Waals surface area contributed by atoms with E-state index in [2.05, 4.69) is 42.4 Å². The largest absolute Gasteiger partial charge is 0.507 e. The molecule has 0 unspecified atom stereocenters. The number of benzene rings is 2. The Morgan fingerprint density at radius 1 is 1.27 bits per heavy atom. The third kappa shape index (κ3) is 4.09. The summed E-state index contributed by atoms with van der Waals surface area (Å²) in [5.74, 6) is -0.323. The van der Waals surface area contributed by atoms with Gasteiger partial charge in [0.05, 0.1) is 21.3 Å². The highest BCUT2D eigenvalue weighted by Gasteiger charge is 2.09. The van der Waals surface area contributed by atoms with Crippen molar-refractivity contribution in [3.8, 4) is 5.75 Å². The van der Waals surface area contributed by atoms with Gasteiger partial charge in [0.25, 0.3) is 5.91 Å². The summed E-state index contributed by atoms with van der Waals surface area (Å²) in [6.45, 7) is 1.89. The van der Waals surface area contributed by atoms with E-state index >= 15 is 0 Å². The second-order valence-electron chi connectivity index (χ2n) is 4.51. The first kappa shape index (κ1) is 17.0. The first-order valence-corrected chi connectivity index (χ1v) is 8.12. The Morgan fingerprint density at radius 2 is 2.00 bits per heavy atom. The molecule has 7 heteroatoms. The standard InChI is InChI=1S/C15H11Br2ClN2O2/c1-8-2-3-10(13(18)4-8)15(22)20-19-7-9-5-14(21)12(17)6-11(9)16/h2-7,21H,1H3,(H,20,22). The molecule has 2 aromatic carbocycles. The molecule has 4 nitrogen and oxygen atoms in total. The van der Waals surface area contributed by atoms with Crippen LogP contribution in [-0.2, 0) is 0 Å². The zero-order valence-corrected chi connectivity index (χ0v) is 15.3. The summed E-state index contributed by atoms with van der Waals surface area (Å²) in [6.07, 6.45) is 1.43. The van der Waals surface area contributed by atoms with Gasteiger partial charge >= 0.3 is 0 Å². The highest BCUT2D eigenvalue weighted by molar-refractivity contribution is 9.11. The number of carbonyl (C=O) groups excluding carboxylic acids is 1. The van der Waals surface area contributed by atoms with E-state index in [-0.39, 0.29) is 5.75 Å². The molecule has 0 bridgehead atoms. The average molecular weight is 447 g/mol. The Kier molecular flexibility index (Phi) is 5.61. The summed E-state index contributed by atoms with van der Waals surface area (Å²) < 4.78 is 1.29. The highest BCUT2D eigenvalue weighted by Crippen LogP contribution is 2.29. The van der Waals surface area contributed by atoms with E-state index in [0.29, 0.717) is 20.6 Å². The Morgan fingerprint density at radius 3 is 2.68 bits per heavy atom. The second kappa shape index (κ2) is 7.26. The van der Waals surface area contributed by atoms with Crippen molar-refractivity contribution in [2.24, 2.45) is 5.10 Å². The number of aryl methyl sites for hydroxylation is 1. The molecule has 0 aromatic heterocycles. The number of halogens is 3. The molecular weight excluding hydrogens is 435 g/mol. The summed E-state index contributed by atoms with van der Waals surface area (Å²) in [5.41, 5.74) is 4.34. The molecule has 22 heavy (non-hydrogen) atoms. The van der Waals surface area contributed by atoms with Gasteiger partial charge in [-0.15, -0.1) is 0 Å². The van der Waals surface area contributed by atoms with Crippen LogP contribution in [0.1, 0.15) is 21.5 Å². The van der Waals surface area contributed by atoms with Crippen LogP contribution in [0.5, 0.6) is 5.75 Å². The number of hydrogen-bond donors (Lipinski definition) is 2. The van der Waals surface area contributed by atoms with Gasteiger partial charge in [-0.25, -0.2) is 5.43 Å². The number of rotatable bonds is 3. The number of hydrazone groups is 1. The summed E-state index contributed by atoms with van der Waals surface area (Å²) >= 11 is 12.6. The van der Waals surface area contributed by atoms with Crippen LogP contribution in [0.2, 0.25) is 5.02 Å². The third-order valence-electron chi connectivity index (χ3n) is 2.81. The van der Waals surface area contributed by atoms with Crippen LogP contribution in [0.3, 0.4) is 0 Å². The second-order valence-corrected chi connectivity index (χ2v) is 6.62. The summed E-state index contributed by atoms with van der Waals surface area (Å²) in [5, 5.41) is 13.9. The number of nitrogens with one attached hydrogen (secondary N) is 1. The molecule has 2 N–H and O–H groups in total. The molecule has 0 saturated carbocycles. The van der Waals surface area contributed by atoms with E-state index in [1.165, 1.54) is 12.3 Å². The number of nitrogens with zero attached hydrogens (tertiary/aromatic N) is 1. The van der Waals surface area contributed by atoms with Crippen LogP contribution < -0.4 is 5.43 Å². The van der Waals surface area contributed by atoms with Gasteiger partial charge < -0.3 is 5.11 Å². The molecule has 0 atom stereocenters. The van der Waals surface area contributed by atoms with Crippen molar-refractivity contribution in [3.05, 3.63) is 61.0 Å². The monoisotopic (exact) mass is 444 g/mol. The molecule has 0 aliphatic carbocycles. The van der Waals surface area contributed by atoms with Crippen LogP contribution >= 0.6 is 43.5 Å². The molecule has 2 rings (SSSR count). The van der Waals surface area contributed by atoms with Gasteiger partial charge in [0.2, 0.25) is 0 Å². The van der Waals surface area contributed by atoms with Gasteiger partial charge in [-0.2, -0.15) is 5.10 Å². The molecule has 2 aromatic rings. The fourth-order valence-electron chi connectivity index (χ4n) is 1.68. The zero-order chi connectivity index (χ0) is 16.3. The Labute approximate surface area is 149 Å². The number of hydrogen-bond acceptors (Lipinski definition) is 3. The van der Waals surface area contributed by atoms with E-state index in [1.54, 1.807) is 24.3 Å². The summed E-state index contributed by atoms with van der Waals surface area (Å²) in [7, 11) is 0. The van der Waals surface area contributed by atoms with Crippen LogP contribution in [0.4, 0.5) is 0 Å². The van der Waals surface area contributed by atoms with Gasteiger partial charge in [0, 0.05) is 10.0 Å². The smallest absolute Gasteiger partial charge is 0.272 e. The molecule has 114 valence electrons. The van der Waals surface area contributed by atoms with Crippen molar-refractivity contribution >= 4 is 55.6 Å². The van der Waals surface area contributed by atoms with Crippen LogP contribution in [0.15, 0.2) is 44.4 Å². The predicted molar refractivity (Wildman–Crippen MR) is 94.8 cm³/mol. The third-order valence-corrected chi connectivity index (χ3v) is 4.44. The van der Waals surface area contributed by atoms with E-state index in [0.717, 1.165) is 10.0 Å². The van der Waals surface area contributed by atoms with Crippen molar-refractivity contribution in [1.82, 2.24) is 5.43 Å². The quantitative estimate of drug-likeness (QED) is 0.533. The van der Waals surface area contributed by atoms with E-state index < -0.39 is 5.91 Å². The maximum Gasteiger partial charge on any atom is 0.272 e. The van der Waals surface area contributed by atoms with Crippen molar-refractivity contribution in [2.75, 3.05) is 0 Å². The van der Waals surface area contributed by atoms with Crippen LogP contribution in [0, 0.1) is 6.92 Å². The van der Waals surface area contributed by atoms with Crippen molar-refractivity contribution in [2.45, 2.75) is 6.92 Å². The number of phenolic OH excluding ortho intramolecular Hbond substituents is 1. The molecule has 0 radical (unpaired) electrons. The average Bonchev–Trinajstić information content (AvgIpc) is 2.44. The zero-order valence-electron chi connectivity index (χ0n) is 11.4. The first-order chi connectivity index (χ1) is 10.4. The Hall–Kier alpha value is -1.37. The highest BCUT2D eigenvalue weighted by atomic mass is 79.9. The fourth-order valence-corrected chi connectivity index (χ4v) is 3.09.